The van der Waals surface area contributed by atoms with Crippen LogP contribution in [0.1, 0.15) is 0 Å². The summed E-state index contributed by atoms with van der Waals surface area (Å²) in [6, 6.07) is 0. The van der Waals surface area contributed by atoms with Gasteiger partial charge >= 0.3 is 42.5 Å². The molecule has 0 aliphatic carbocycles. The summed E-state index contributed by atoms with van der Waals surface area (Å²) in [5.74, 6) is -0.655. The summed E-state index contributed by atoms with van der Waals surface area (Å²) in [6.45, 7) is 0. The van der Waals surface area contributed by atoms with E-state index < -0.39 is 5.97 Å². The van der Waals surface area contributed by atoms with Gasteiger partial charge in [0, 0.05) is 0 Å². The Morgan fingerprint density at radius 2 is 2.50 bits per heavy atom. The molecule has 0 saturated heterocycles. The van der Waals surface area contributed by atoms with Crippen LogP contribution in [0.3, 0.4) is 0 Å². The van der Waals surface area contributed by atoms with Crippen LogP contribution in [-0.4, -0.2) is 26.8 Å². The number of carboxylic acids is 1. The quantitative estimate of drug-likeness (QED) is 0.561. The molecule has 1 atom stereocenters. The van der Waals surface area contributed by atoms with Gasteiger partial charge in [0.05, 0.1) is 0 Å². The first kappa shape index (κ1) is 6.03. The van der Waals surface area contributed by atoms with E-state index >= 15 is 0 Å². The first-order valence-corrected chi connectivity index (χ1v) is 5.22. The van der Waals surface area contributed by atoms with E-state index in [-0.39, 0.29) is 15.8 Å². The summed E-state index contributed by atoms with van der Waals surface area (Å²) in [5.41, 5.74) is 1.97. The van der Waals surface area contributed by atoms with Crippen molar-refractivity contribution >= 4 is 21.7 Å². The molecule has 0 aromatic heterocycles. The van der Waals surface area contributed by atoms with Crippen LogP contribution < -0.4 is 0 Å². The zero-order chi connectivity index (χ0) is 4.99. The fourth-order valence-corrected chi connectivity index (χ4v) is 0.786. The molecule has 0 radical (unpaired) electrons. The normalized spacial score (nSPS) is 10.2. The number of carbonyl (C=O) groups is 1. The summed E-state index contributed by atoms with van der Waals surface area (Å²) in [5, 5.41) is 8.36. The molecule has 0 aromatic carbocycles. The van der Waals surface area contributed by atoms with Crippen LogP contribution in [-0.2, 0) is 4.79 Å². The van der Waals surface area contributed by atoms with Crippen LogP contribution in [0, 0.1) is 0 Å². The predicted octanol–water partition coefficient (Wildman–Crippen LogP) is -0.0261. The first-order valence-electron chi connectivity index (χ1n) is 1.63. The second kappa shape index (κ2) is 3.23. The van der Waals surface area contributed by atoms with Crippen molar-refractivity contribution in [1.29, 1.82) is 0 Å². The van der Waals surface area contributed by atoms with Gasteiger partial charge in [-0.2, -0.15) is 0 Å². The number of aliphatic carboxylic acids is 1. The molecule has 0 amide bonds. The average Bonchev–Trinajstić information content (AvgIpc) is 1.35. The molecule has 2 nitrogen and oxygen atoms in total. The molecular formula is C3H7AsO2. The van der Waals surface area contributed by atoms with Gasteiger partial charge < -0.3 is 0 Å². The minimum atomic E-state index is -0.655. The van der Waals surface area contributed by atoms with Crippen molar-refractivity contribution < 1.29 is 9.90 Å². The van der Waals surface area contributed by atoms with Crippen LogP contribution in [0.25, 0.3) is 0 Å². The maximum absolute atomic E-state index is 9.63. The fourth-order valence-electron chi connectivity index (χ4n) is 0.151. The van der Waals surface area contributed by atoms with E-state index in [1.54, 1.807) is 0 Å². The molecule has 0 saturated carbocycles. The summed E-state index contributed by atoms with van der Waals surface area (Å²) in [6.07, 6.45) is 0. The maximum atomic E-state index is 9.63. The van der Waals surface area contributed by atoms with Crippen LogP contribution >= 0.6 is 0 Å². The van der Waals surface area contributed by atoms with Gasteiger partial charge in [0.25, 0.3) is 0 Å². The molecule has 0 aliphatic heterocycles. The van der Waals surface area contributed by atoms with E-state index in [0.717, 1.165) is 0 Å². The van der Waals surface area contributed by atoms with Gasteiger partial charge in [0.2, 0.25) is 0 Å². The van der Waals surface area contributed by atoms with Gasteiger partial charge in [0.15, 0.2) is 0 Å². The topological polar surface area (TPSA) is 37.3 Å². The zero-order valence-electron chi connectivity index (χ0n) is 3.56. The molecule has 0 spiro atoms. The van der Waals surface area contributed by atoms with E-state index in [0.29, 0.717) is 5.21 Å². The second-order valence-corrected chi connectivity index (χ2v) is 3.15. The summed E-state index contributed by atoms with van der Waals surface area (Å²) < 4.78 is 0. The van der Waals surface area contributed by atoms with Gasteiger partial charge in [-0.15, -0.1) is 0 Å². The number of rotatable bonds is 2. The summed E-state index contributed by atoms with van der Waals surface area (Å²) >= 11 is -0.137. The van der Waals surface area contributed by atoms with Gasteiger partial charge in [-0.05, 0) is 0 Å². The Morgan fingerprint density at radius 1 is 2.00 bits per heavy atom. The third-order valence-electron chi connectivity index (χ3n) is 0.328. The van der Waals surface area contributed by atoms with Crippen LogP contribution in [0.15, 0.2) is 0 Å². The van der Waals surface area contributed by atoms with Gasteiger partial charge in [-0.1, -0.05) is 0 Å². The van der Waals surface area contributed by atoms with Crippen molar-refractivity contribution in [2.75, 3.05) is 0 Å². The van der Waals surface area contributed by atoms with Crippen molar-refractivity contribution in [3.05, 3.63) is 0 Å². The van der Waals surface area contributed by atoms with Gasteiger partial charge in [-0.3, -0.25) is 0 Å². The Hall–Kier alpha value is 0.0284. The van der Waals surface area contributed by atoms with Crippen molar-refractivity contribution in [3.8, 4) is 0 Å². The summed E-state index contributed by atoms with van der Waals surface area (Å²) in [7, 11) is 0. The molecule has 0 rings (SSSR count). The zero-order valence-corrected chi connectivity index (χ0v) is 5.66. The van der Waals surface area contributed by atoms with Crippen molar-refractivity contribution in [2.45, 2.75) is 10.9 Å². The van der Waals surface area contributed by atoms with Gasteiger partial charge in [0.1, 0.15) is 0 Å². The standard InChI is InChI=1S/C3H7AsO2/c1-4-2-3(5)6/h4H,2H2,1H3,(H,5,6). The molecule has 6 heavy (non-hydrogen) atoms. The Kier molecular flexibility index (Phi) is 3.24. The number of carboxylic acid groups (broad SMARTS) is 1. The molecule has 0 aliphatic rings. The molecule has 0 aromatic rings. The Morgan fingerprint density at radius 3 is 2.50 bits per heavy atom. The van der Waals surface area contributed by atoms with E-state index in [1.165, 1.54) is 0 Å². The summed E-state index contributed by atoms with van der Waals surface area (Å²) in [4.78, 5) is 9.63. The average molecular weight is 150 g/mol. The van der Waals surface area contributed by atoms with E-state index in [2.05, 4.69) is 0 Å². The molecule has 3 heteroatoms. The fraction of sp³-hybridized carbons (Fsp3) is 0.667. The Labute approximate surface area is 43.2 Å². The predicted molar refractivity (Wildman–Crippen MR) is 25.5 cm³/mol. The van der Waals surface area contributed by atoms with Crippen LogP contribution in [0.2, 0.25) is 10.9 Å². The molecule has 0 heterocycles. The molecule has 1 N–H and O–H groups in total. The van der Waals surface area contributed by atoms with E-state index in [1.807, 2.05) is 5.71 Å². The number of hydrogen-bond donors (Lipinski definition) is 1. The molecule has 1 unspecified atom stereocenters. The molecule has 0 bridgehead atoms. The molecule has 36 valence electrons. The van der Waals surface area contributed by atoms with E-state index in [4.69, 9.17) is 5.11 Å². The Bertz CT molecular complexity index is 52.8. The minimum absolute atomic E-state index is 0.137. The third kappa shape index (κ3) is 4.03. The van der Waals surface area contributed by atoms with Crippen LogP contribution in [0.5, 0.6) is 0 Å². The monoisotopic (exact) mass is 150 g/mol. The second-order valence-electron chi connectivity index (χ2n) is 0.924. The number of hydrogen-bond acceptors (Lipinski definition) is 1. The SMILES string of the molecule is C[AsH]CC(=O)O. The third-order valence-corrected chi connectivity index (χ3v) is 1.70. The van der Waals surface area contributed by atoms with Crippen molar-refractivity contribution in [2.24, 2.45) is 0 Å². The first-order chi connectivity index (χ1) is 2.77. The van der Waals surface area contributed by atoms with E-state index in [9.17, 15) is 4.79 Å². The molecular weight excluding hydrogens is 143 g/mol. The van der Waals surface area contributed by atoms with Crippen molar-refractivity contribution in [1.82, 2.24) is 0 Å². The molecule has 0 fully saturated rings. The Balaban J connectivity index is 2.83. The van der Waals surface area contributed by atoms with Crippen LogP contribution in [0.4, 0.5) is 0 Å². The van der Waals surface area contributed by atoms with Gasteiger partial charge in [-0.25, -0.2) is 0 Å². The van der Waals surface area contributed by atoms with Crippen molar-refractivity contribution in [3.63, 3.8) is 0 Å².